The highest BCUT2D eigenvalue weighted by Gasteiger charge is 2.25. The van der Waals surface area contributed by atoms with Gasteiger partial charge in [-0.1, -0.05) is 6.07 Å². The number of aromatic nitrogens is 3. The van der Waals surface area contributed by atoms with E-state index in [2.05, 4.69) is 32.1 Å². The minimum absolute atomic E-state index is 0.113. The Morgan fingerprint density at radius 2 is 1.96 bits per heavy atom. The van der Waals surface area contributed by atoms with E-state index < -0.39 is 0 Å². The molecule has 7 nitrogen and oxygen atoms in total. The normalized spacial score (nSPS) is 16.6. The topological polar surface area (TPSA) is 100 Å². The average molecular weight is 380 g/mol. The summed E-state index contributed by atoms with van der Waals surface area (Å²) in [6.45, 7) is 3.45. The van der Waals surface area contributed by atoms with Crippen molar-refractivity contribution in [3.8, 4) is 5.75 Å². The maximum Gasteiger partial charge on any atom is 0.232 e. The minimum atomic E-state index is -0.313. The van der Waals surface area contributed by atoms with Crippen molar-refractivity contribution in [2.75, 3.05) is 17.6 Å². The van der Waals surface area contributed by atoms with E-state index in [1.165, 1.54) is 17.7 Å². The van der Waals surface area contributed by atoms with E-state index in [0.29, 0.717) is 24.0 Å². The Kier molecular flexibility index (Phi) is 4.79. The quantitative estimate of drug-likeness (QED) is 0.639. The van der Waals surface area contributed by atoms with Crippen molar-refractivity contribution in [2.45, 2.75) is 25.9 Å². The van der Waals surface area contributed by atoms with Crippen molar-refractivity contribution in [3.63, 3.8) is 0 Å². The Morgan fingerprint density at radius 1 is 1.18 bits per heavy atom. The van der Waals surface area contributed by atoms with Crippen LogP contribution in [0, 0.1) is 5.82 Å². The second-order valence-corrected chi connectivity index (χ2v) is 6.84. The molecule has 1 aliphatic heterocycles. The van der Waals surface area contributed by atoms with E-state index in [9.17, 15) is 9.50 Å². The molecule has 0 radical (unpaired) electrons. The molecule has 0 fully saturated rings. The van der Waals surface area contributed by atoms with Crippen molar-refractivity contribution >= 4 is 17.6 Å². The van der Waals surface area contributed by atoms with Crippen LogP contribution in [0.2, 0.25) is 0 Å². The molecule has 1 unspecified atom stereocenters. The van der Waals surface area contributed by atoms with Crippen LogP contribution in [0.15, 0.2) is 42.5 Å². The fraction of sp³-hybridized carbons (Fsp3) is 0.250. The molecule has 0 saturated carbocycles. The van der Waals surface area contributed by atoms with Gasteiger partial charge >= 0.3 is 0 Å². The molecule has 0 amide bonds. The van der Waals surface area contributed by atoms with Crippen LogP contribution < -0.4 is 11.1 Å². The number of hydrogen-bond donors (Lipinski definition) is 3. The molecular weight excluding hydrogens is 359 g/mol. The largest absolute Gasteiger partial charge is 0.508 e. The van der Waals surface area contributed by atoms with E-state index in [0.717, 1.165) is 18.5 Å². The second-order valence-electron chi connectivity index (χ2n) is 6.84. The van der Waals surface area contributed by atoms with Gasteiger partial charge in [0.15, 0.2) is 0 Å². The fourth-order valence-electron chi connectivity index (χ4n) is 3.48. The zero-order chi connectivity index (χ0) is 19.7. The molecule has 28 heavy (non-hydrogen) atoms. The highest BCUT2D eigenvalue weighted by molar-refractivity contribution is 5.53. The van der Waals surface area contributed by atoms with Gasteiger partial charge in [0.1, 0.15) is 17.4 Å². The maximum atomic E-state index is 13.1. The molecular formula is C20H21FN6O. The first kappa shape index (κ1) is 18.1. The first-order valence-corrected chi connectivity index (χ1v) is 9.07. The number of rotatable bonds is 4. The van der Waals surface area contributed by atoms with Gasteiger partial charge in [-0.15, -0.1) is 0 Å². The van der Waals surface area contributed by atoms with Gasteiger partial charge in [-0.3, -0.25) is 4.90 Å². The smallest absolute Gasteiger partial charge is 0.232 e. The number of nitrogens with one attached hydrogen (secondary N) is 1. The Hall–Kier alpha value is -3.26. The summed E-state index contributed by atoms with van der Waals surface area (Å²) in [5.74, 6) is 0.941. The third kappa shape index (κ3) is 3.86. The number of nitrogens with zero attached hydrogens (tertiary/aromatic N) is 4. The Bertz CT molecular complexity index is 994. The number of anilines is 3. The number of nitrogen functional groups attached to an aromatic ring is 1. The number of phenolic OH excluding ortho intramolecular Hbond substituents is 1. The number of fused-ring (bicyclic) bond motifs is 1. The van der Waals surface area contributed by atoms with Crippen molar-refractivity contribution in [1.82, 2.24) is 19.9 Å². The van der Waals surface area contributed by atoms with Crippen molar-refractivity contribution in [3.05, 3.63) is 65.2 Å². The lowest BCUT2D eigenvalue weighted by atomic mass is 9.93. The predicted molar refractivity (Wildman–Crippen MR) is 105 cm³/mol. The monoisotopic (exact) mass is 380 g/mol. The number of benzene rings is 2. The molecule has 0 aliphatic carbocycles. The zero-order valence-corrected chi connectivity index (χ0v) is 15.4. The summed E-state index contributed by atoms with van der Waals surface area (Å²) < 4.78 is 13.1. The van der Waals surface area contributed by atoms with Gasteiger partial charge in [0, 0.05) is 18.3 Å². The van der Waals surface area contributed by atoms with E-state index in [-0.39, 0.29) is 23.6 Å². The maximum absolute atomic E-state index is 13.1. The average Bonchev–Trinajstić information content (AvgIpc) is 2.66. The van der Waals surface area contributed by atoms with Crippen LogP contribution in [-0.4, -0.2) is 31.5 Å². The van der Waals surface area contributed by atoms with Crippen LogP contribution >= 0.6 is 0 Å². The summed E-state index contributed by atoms with van der Waals surface area (Å²) >= 11 is 0. The van der Waals surface area contributed by atoms with Gasteiger partial charge in [-0.05, 0) is 60.9 Å². The molecule has 0 saturated heterocycles. The molecule has 1 aromatic heterocycles. The molecule has 4 rings (SSSR count). The van der Waals surface area contributed by atoms with E-state index >= 15 is 0 Å². The van der Waals surface area contributed by atoms with Crippen molar-refractivity contribution in [1.29, 1.82) is 0 Å². The van der Waals surface area contributed by atoms with E-state index in [1.54, 1.807) is 18.2 Å². The lowest BCUT2D eigenvalue weighted by Gasteiger charge is -2.34. The number of hydrogen-bond acceptors (Lipinski definition) is 7. The SMILES string of the molecule is CC1c2cc(O)ccc2CCN1Cc1nc(N)nc(Nc2ccc(F)cc2)n1. The van der Waals surface area contributed by atoms with Gasteiger partial charge in [-0.25, -0.2) is 4.39 Å². The van der Waals surface area contributed by atoms with Crippen LogP contribution in [-0.2, 0) is 13.0 Å². The first-order chi connectivity index (χ1) is 13.5. The Balaban J connectivity index is 1.53. The molecule has 2 aromatic carbocycles. The van der Waals surface area contributed by atoms with E-state index in [1.807, 2.05) is 12.1 Å². The Labute approximate surface area is 162 Å². The highest BCUT2D eigenvalue weighted by atomic mass is 19.1. The predicted octanol–water partition coefficient (Wildman–Crippen LogP) is 3.16. The van der Waals surface area contributed by atoms with Crippen LogP contribution in [0.5, 0.6) is 5.75 Å². The van der Waals surface area contributed by atoms with Gasteiger partial charge < -0.3 is 16.2 Å². The number of aromatic hydroxyl groups is 1. The standard InChI is InChI=1S/C20H21FN6O/c1-12-17-10-16(28)7-2-13(17)8-9-27(12)11-18-24-19(22)26-20(25-18)23-15-5-3-14(21)4-6-15/h2-7,10,12,28H,8-9,11H2,1H3,(H3,22,23,24,25,26). The summed E-state index contributed by atoms with van der Waals surface area (Å²) in [6, 6.07) is 11.5. The van der Waals surface area contributed by atoms with E-state index in [4.69, 9.17) is 5.73 Å². The molecule has 8 heteroatoms. The lowest BCUT2D eigenvalue weighted by molar-refractivity contribution is 0.184. The Morgan fingerprint density at radius 3 is 2.75 bits per heavy atom. The minimum Gasteiger partial charge on any atom is -0.508 e. The molecule has 4 N–H and O–H groups in total. The van der Waals surface area contributed by atoms with Gasteiger partial charge in [0.2, 0.25) is 11.9 Å². The highest BCUT2D eigenvalue weighted by Crippen LogP contribution is 2.32. The van der Waals surface area contributed by atoms with Crippen LogP contribution in [0.25, 0.3) is 0 Å². The summed E-state index contributed by atoms with van der Waals surface area (Å²) in [7, 11) is 0. The van der Waals surface area contributed by atoms with Gasteiger partial charge in [0.25, 0.3) is 0 Å². The molecule has 2 heterocycles. The van der Waals surface area contributed by atoms with Crippen LogP contribution in [0.3, 0.4) is 0 Å². The molecule has 0 bridgehead atoms. The summed E-state index contributed by atoms with van der Waals surface area (Å²) in [6.07, 6.45) is 0.890. The molecule has 1 atom stereocenters. The second kappa shape index (κ2) is 7.40. The summed E-state index contributed by atoms with van der Waals surface area (Å²) in [4.78, 5) is 15.1. The number of halogens is 1. The fourth-order valence-corrected chi connectivity index (χ4v) is 3.48. The zero-order valence-electron chi connectivity index (χ0n) is 15.4. The first-order valence-electron chi connectivity index (χ1n) is 9.07. The number of nitrogens with two attached hydrogens (primary N) is 1. The lowest BCUT2D eigenvalue weighted by Crippen LogP contribution is -2.34. The summed E-state index contributed by atoms with van der Waals surface area (Å²) in [5.41, 5.74) is 8.88. The molecule has 1 aliphatic rings. The molecule has 3 aromatic rings. The third-order valence-electron chi connectivity index (χ3n) is 4.94. The van der Waals surface area contributed by atoms with Crippen molar-refractivity contribution in [2.24, 2.45) is 0 Å². The third-order valence-corrected chi connectivity index (χ3v) is 4.94. The van der Waals surface area contributed by atoms with Crippen molar-refractivity contribution < 1.29 is 9.50 Å². The van der Waals surface area contributed by atoms with Crippen LogP contribution in [0.4, 0.5) is 22.0 Å². The van der Waals surface area contributed by atoms with Gasteiger partial charge in [0.05, 0.1) is 6.54 Å². The number of phenols is 1. The molecule has 144 valence electrons. The van der Waals surface area contributed by atoms with Crippen LogP contribution in [0.1, 0.15) is 29.9 Å². The van der Waals surface area contributed by atoms with Gasteiger partial charge in [-0.2, -0.15) is 15.0 Å². The summed E-state index contributed by atoms with van der Waals surface area (Å²) in [5, 5.41) is 12.8. The molecule has 0 spiro atoms.